The fourth-order valence-corrected chi connectivity index (χ4v) is 0.0955. The maximum atomic E-state index is 9.84. The first-order chi connectivity index (χ1) is 3.31. The van der Waals surface area contributed by atoms with E-state index in [0.29, 0.717) is 0 Å². The van der Waals surface area contributed by atoms with Gasteiger partial charge in [-0.1, -0.05) is 6.58 Å². The predicted molar refractivity (Wildman–Crippen MR) is 30.3 cm³/mol. The minimum Gasteiger partial charge on any atom is -1.00 e. The molecule has 0 N–H and O–H groups in total. The topological polar surface area (TPSA) is 43.4 Å². The smallest absolute Gasteiger partial charge is 1.00 e. The molecule has 0 rings (SSSR count). The molecule has 0 spiro atoms. The van der Waals surface area contributed by atoms with E-state index >= 15 is 0 Å². The van der Waals surface area contributed by atoms with Crippen LogP contribution >= 0.6 is 0 Å². The molecule has 42 valence electrons. The normalized spacial score (nSPS) is 6.00. The molecule has 0 atom stereocenters. The van der Waals surface area contributed by atoms with Gasteiger partial charge in [-0.05, 0) is 0 Å². The third-order valence-corrected chi connectivity index (χ3v) is 0.331. The van der Waals surface area contributed by atoms with Crippen molar-refractivity contribution < 1.29 is 17.2 Å². The van der Waals surface area contributed by atoms with Crippen molar-refractivity contribution in [1.29, 1.82) is 0 Å². The maximum Gasteiger partial charge on any atom is 2.00 e. The van der Waals surface area contributed by atoms with Crippen molar-refractivity contribution in [3.05, 3.63) is 12.7 Å². The van der Waals surface area contributed by atoms with E-state index in [1.54, 1.807) is 0 Å². The number of carbonyl (C=O) groups excluding carboxylic acids is 2. The first-order valence-corrected chi connectivity index (χ1v) is 1.58. The largest absolute Gasteiger partial charge is 2.00 e. The van der Waals surface area contributed by atoms with Crippen LogP contribution in [0.25, 0.3) is 0 Å². The Hall–Kier alpha value is -0.354. The molecule has 0 fully saturated rings. The van der Waals surface area contributed by atoms with Crippen molar-refractivity contribution in [3.63, 3.8) is 0 Å². The Balaban J connectivity index is -0.0000000600. The summed E-state index contributed by atoms with van der Waals surface area (Å²) < 4.78 is 3.75. The van der Waals surface area contributed by atoms with Gasteiger partial charge in [-0.25, -0.2) is 4.79 Å². The number of rotatable bonds is 2. The molecule has 0 saturated carbocycles. The predicted octanol–water partition coefficient (Wildman–Crippen LogP) is -0.284. The summed E-state index contributed by atoms with van der Waals surface area (Å²) in [6.07, 6.45) is 0.911. The van der Waals surface area contributed by atoms with Gasteiger partial charge in [-0.2, -0.15) is 0 Å². The van der Waals surface area contributed by atoms with Crippen LogP contribution in [-0.2, 0) is 14.3 Å². The van der Waals surface area contributed by atoms with E-state index in [4.69, 9.17) is 0 Å². The number of ether oxygens (including phenoxy) is 1. The number of carbonyl (C=O) groups is 2. The zero-order valence-corrected chi connectivity index (χ0v) is 5.71. The second kappa shape index (κ2) is 6.65. The van der Waals surface area contributed by atoms with Gasteiger partial charge in [-0.3, -0.25) is 4.79 Å². The zero-order chi connectivity index (χ0) is 5.70. The summed E-state index contributed by atoms with van der Waals surface area (Å²) in [6.45, 7) is 3.11. The van der Waals surface area contributed by atoms with Gasteiger partial charge in [0.05, 0.1) is 0 Å². The van der Waals surface area contributed by atoms with Crippen molar-refractivity contribution >= 4 is 35.5 Å². The van der Waals surface area contributed by atoms with Gasteiger partial charge in [0.2, 0.25) is 0 Å². The monoisotopic (exact) mass is 126 g/mol. The van der Waals surface area contributed by atoms with Crippen molar-refractivity contribution in [3.8, 4) is 0 Å². The molecule has 0 aromatic heterocycles. The van der Waals surface area contributed by atoms with E-state index in [-0.39, 0.29) is 32.4 Å². The van der Waals surface area contributed by atoms with Crippen molar-refractivity contribution in [2.75, 3.05) is 0 Å². The summed E-state index contributed by atoms with van der Waals surface area (Å²) in [5, 5.41) is 0. The molecule has 0 bridgehead atoms. The van der Waals surface area contributed by atoms with Crippen molar-refractivity contribution in [2.45, 2.75) is 0 Å². The molecule has 0 aliphatic heterocycles. The summed E-state index contributed by atoms with van der Waals surface area (Å²) in [5.74, 6) is -0.727. The molecule has 0 aliphatic rings. The Morgan fingerprint density at radius 3 is 2.38 bits per heavy atom. The van der Waals surface area contributed by atoms with Gasteiger partial charge in [0, 0.05) is 6.08 Å². The van der Waals surface area contributed by atoms with Crippen LogP contribution in [0.5, 0.6) is 0 Å². The van der Waals surface area contributed by atoms with Crippen molar-refractivity contribution in [1.82, 2.24) is 0 Å². The Morgan fingerprint density at radius 2 is 2.25 bits per heavy atom. The average Bonchev–Trinajstić information content (AvgIpc) is 1.68. The number of hydrogen-bond acceptors (Lipinski definition) is 3. The third-order valence-electron chi connectivity index (χ3n) is 0.331. The van der Waals surface area contributed by atoms with Gasteiger partial charge in [0.15, 0.2) is 0 Å². The molecular formula is C4H6MgO3. The maximum absolute atomic E-state index is 9.84. The summed E-state index contributed by atoms with van der Waals surface area (Å²) in [5.41, 5.74) is 0. The van der Waals surface area contributed by atoms with E-state index < -0.39 is 5.97 Å². The zero-order valence-electron chi connectivity index (χ0n) is 6.29. The second-order valence-electron chi connectivity index (χ2n) is 0.737. The van der Waals surface area contributed by atoms with Crippen LogP contribution in [-0.4, -0.2) is 35.5 Å². The molecule has 3 nitrogen and oxygen atoms in total. The van der Waals surface area contributed by atoms with Gasteiger partial charge >= 0.3 is 35.5 Å². The van der Waals surface area contributed by atoms with Gasteiger partial charge < -0.3 is 7.59 Å². The molecule has 0 amide bonds. The van der Waals surface area contributed by atoms with Crippen LogP contribution in [0.1, 0.15) is 2.85 Å². The van der Waals surface area contributed by atoms with E-state index in [1.807, 2.05) is 0 Å². The van der Waals surface area contributed by atoms with Crippen LogP contribution in [0.4, 0.5) is 0 Å². The molecule has 0 unspecified atom stereocenters. The van der Waals surface area contributed by atoms with E-state index in [1.165, 1.54) is 0 Å². The van der Waals surface area contributed by atoms with Crippen LogP contribution in [0, 0.1) is 0 Å². The van der Waals surface area contributed by atoms with E-state index in [0.717, 1.165) is 6.08 Å². The van der Waals surface area contributed by atoms with E-state index in [9.17, 15) is 9.59 Å². The Labute approximate surface area is 65.8 Å². The fourth-order valence-electron chi connectivity index (χ4n) is 0.0955. The first-order valence-electron chi connectivity index (χ1n) is 1.58. The Kier molecular flexibility index (Phi) is 8.80. The summed E-state index contributed by atoms with van der Waals surface area (Å²) in [4.78, 5) is 19.1. The second-order valence-corrected chi connectivity index (χ2v) is 0.737. The fraction of sp³-hybridized carbons (Fsp3) is 0. The first kappa shape index (κ1) is 10.6. The molecular weight excluding hydrogens is 120 g/mol. The molecule has 4 heteroatoms. The van der Waals surface area contributed by atoms with Gasteiger partial charge in [0.25, 0.3) is 0 Å². The van der Waals surface area contributed by atoms with Crippen LogP contribution in [0.15, 0.2) is 12.7 Å². The van der Waals surface area contributed by atoms with Crippen LogP contribution in [0.3, 0.4) is 0 Å². The molecule has 0 saturated heterocycles. The molecule has 0 aliphatic carbocycles. The van der Waals surface area contributed by atoms with Crippen LogP contribution in [0.2, 0.25) is 0 Å². The molecule has 0 heterocycles. The SMILES string of the molecule is C=CC(=O)OC=O.[H-].[H-].[Mg+2]. The average molecular weight is 126 g/mol. The quantitative estimate of drug-likeness (QED) is 0.168. The summed E-state index contributed by atoms with van der Waals surface area (Å²) in [6, 6.07) is 0. The van der Waals surface area contributed by atoms with E-state index in [2.05, 4.69) is 11.3 Å². The number of hydrogen-bond donors (Lipinski definition) is 0. The molecule has 0 aromatic carbocycles. The van der Waals surface area contributed by atoms with Crippen LogP contribution < -0.4 is 0 Å². The third kappa shape index (κ3) is 5.65. The van der Waals surface area contributed by atoms with Gasteiger partial charge in [0.1, 0.15) is 0 Å². The minimum atomic E-state index is -0.727. The Morgan fingerprint density at radius 1 is 1.75 bits per heavy atom. The molecule has 0 radical (unpaired) electrons. The van der Waals surface area contributed by atoms with Crippen molar-refractivity contribution in [2.24, 2.45) is 0 Å². The molecule has 8 heavy (non-hydrogen) atoms. The number of esters is 1. The summed E-state index contributed by atoms with van der Waals surface area (Å²) in [7, 11) is 0. The Bertz CT molecular complexity index is 107. The standard InChI is InChI=1S/C4H4O3.Mg.2H/c1-2-4(6)7-3-5;;;/h2-3H,1H2;;;/q;+2;2*-1. The molecule has 0 aromatic rings. The summed E-state index contributed by atoms with van der Waals surface area (Å²) >= 11 is 0. The minimum absolute atomic E-state index is 0. The van der Waals surface area contributed by atoms with Gasteiger partial charge in [-0.15, -0.1) is 0 Å².